The summed E-state index contributed by atoms with van der Waals surface area (Å²) in [6, 6.07) is 0.658. The average molecular weight is 227 g/mol. The minimum Gasteiger partial charge on any atom is -0.396 e. The van der Waals surface area contributed by atoms with Gasteiger partial charge in [0.1, 0.15) is 0 Å². The fraction of sp³-hybridized carbons (Fsp3) is 1.00. The second-order valence-corrected chi connectivity index (χ2v) is 5.81. The lowest BCUT2D eigenvalue weighted by atomic mass is 9.82. The first-order chi connectivity index (χ1) is 7.67. The molecular weight excluding hydrogens is 202 g/mol. The van der Waals surface area contributed by atoms with Crippen LogP contribution in [0.25, 0.3) is 0 Å². The summed E-state index contributed by atoms with van der Waals surface area (Å²) in [6.45, 7) is 5.14. The maximum atomic E-state index is 9.62. The van der Waals surface area contributed by atoms with Crippen molar-refractivity contribution in [1.82, 2.24) is 4.90 Å². The highest BCUT2D eigenvalue weighted by Crippen LogP contribution is 2.36. The maximum absolute atomic E-state index is 9.62. The Hall–Kier alpha value is -0.120. The van der Waals surface area contributed by atoms with Crippen LogP contribution in [0.3, 0.4) is 0 Å². The van der Waals surface area contributed by atoms with Gasteiger partial charge < -0.3 is 14.7 Å². The lowest BCUT2D eigenvalue weighted by Gasteiger charge is -2.40. The maximum Gasteiger partial charge on any atom is 0.0556 e. The standard InChI is InChI=1S/C13H25NO2/c1-11(12-4-5-12)14(2)8-13(9-15)6-3-7-16-10-13/h11-12,15H,3-10H2,1-2H3. The van der Waals surface area contributed by atoms with E-state index in [1.54, 1.807) is 0 Å². The van der Waals surface area contributed by atoms with Crippen molar-refractivity contribution in [2.24, 2.45) is 11.3 Å². The van der Waals surface area contributed by atoms with Crippen LogP contribution in [0.1, 0.15) is 32.6 Å². The Morgan fingerprint density at radius 1 is 1.50 bits per heavy atom. The van der Waals surface area contributed by atoms with E-state index in [1.165, 1.54) is 12.8 Å². The number of hydrogen-bond acceptors (Lipinski definition) is 3. The molecule has 0 aromatic heterocycles. The molecule has 1 aliphatic carbocycles. The van der Waals surface area contributed by atoms with Gasteiger partial charge in [-0.1, -0.05) is 0 Å². The molecule has 0 aromatic carbocycles. The third-order valence-electron chi connectivity index (χ3n) is 4.32. The van der Waals surface area contributed by atoms with Crippen LogP contribution in [0.4, 0.5) is 0 Å². The van der Waals surface area contributed by atoms with E-state index in [0.29, 0.717) is 6.04 Å². The van der Waals surface area contributed by atoms with Gasteiger partial charge in [-0.15, -0.1) is 0 Å². The third-order valence-corrected chi connectivity index (χ3v) is 4.32. The molecule has 2 aliphatic rings. The summed E-state index contributed by atoms with van der Waals surface area (Å²) in [6.07, 6.45) is 4.96. The average Bonchev–Trinajstić information content (AvgIpc) is 3.13. The van der Waals surface area contributed by atoms with Crippen LogP contribution in [-0.2, 0) is 4.74 Å². The zero-order chi connectivity index (χ0) is 11.6. The minimum absolute atomic E-state index is 0.00382. The van der Waals surface area contributed by atoms with Crippen LogP contribution in [0, 0.1) is 11.3 Å². The normalized spacial score (nSPS) is 33.0. The molecule has 2 atom stereocenters. The van der Waals surface area contributed by atoms with Crippen molar-refractivity contribution in [3.63, 3.8) is 0 Å². The Labute approximate surface area is 98.8 Å². The number of hydrogen-bond donors (Lipinski definition) is 1. The highest BCUT2D eigenvalue weighted by molar-refractivity contribution is 4.89. The van der Waals surface area contributed by atoms with Gasteiger partial charge in [0, 0.05) is 24.6 Å². The molecule has 0 aromatic rings. The molecule has 3 nitrogen and oxygen atoms in total. The van der Waals surface area contributed by atoms with Crippen molar-refractivity contribution < 1.29 is 9.84 Å². The van der Waals surface area contributed by atoms with Gasteiger partial charge in [-0.05, 0) is 45.6 Å². The molecule has 1 aliphatic heterocycles. The molecule has 0 spiro atoms. The van der Waals surface area contributed by atoms with E-state index in [0.717, 1.165) is 38.5 Å². The minimum atomic E-state index is -0.00382. The Morgan fingerprint density at radius 2 is 2.25 bits per heavy atom. The highest BCUT2D eigenvalue weighted by atomic mass is 16.5. The summed E-state index contributed by atoms with van der Waals surface area (Å²) < 4.78 is 5.55. The van der Waals surface area contributed by atoms with Gasteiger partial charge in [0.05, 0.1) is 13.2 Å². The third kappa shape index (κ3) is 2.76. The first kappa shape index (κ1) is 12.3. The Kier molecular flexibility index (Phi) is 3.88. The van der Waals surface area contributed by atoms with E-state index < -0.39 is 0 Å². The van der Waals surface area contributed by atoms with Crippen LogP contribution >= 0.6 is 0 Å². The predicted molar refractivity (Wildman–Crippen MR) is 64.4 cm³/mol. The van der Waals surface area contributed by atoms with Crippen molar-refractivity contribution in [1.29, 1.82) is 0 Å². The van der Waals surface area contributed by atoms with E-state index in [9.17, 15) is 5.11 Å². The largest absolute Gasteiger partial charge is 0.396 e. The van der Waals surface area contributed by atoms with Crippen molar-refractivity contribution in [3.05, 3.63) is 0 Å². The summed E-state index contributed by atoms with van der Waals surface area (Å²) in [5.74, 6) is 0.894. The van der Waals surface area contributed by atoms with Crippen LogP contribution in [-0.4, -0.2) is 49.5 Å². The summed E-state index contributed by atoms with van der Waals surface area (Å²) in [4.78, 5) is 2.42. The fourth-order valence-electron chi connectivity index (χ4n) is 2.82. The molecule has 1 saturated carbocycles. The molecule has 1 saturated heterocycles. The lowest BCUT2D eigenvalue weighted by Crippen LogP contribution is -2.47. The molecule has 2 fully saturated rings. The molecule has 0 amide bonds. The predicted octanol–water partition coefficient (Wildman–Crippen LogP) is 1.51. The van der Waals surface area contributed by atoms with Crippen LogP contribution in [0.5, 0.6) is 0 Å². The molecule has 0 bridgehead atoms. The lowest BCUT2D eigenvalue weighted by molar-refractivity contribution is -0.0571. The SMILES string of the molecule is CC(C1CC1)N(C)CC1(CO)CCCOC1. The van der Waals surface area contributed by atoms with Crippen LogP contribution < -0.4 is 0 Å². The Bertz CT molecular complexity index is 222. The zero-order valence-corrected chi connectivity index (χ0v) is 10.6. The smallest absolute Gasteiger partial charge is 0.0556 e. The van der Waals surface area contributed by atoms with Crippen molar-refractivity contribution in [3.8, 4) is 0 Å². The summed E-state index contributed by atoms with van der Waals surface area (Å²) >= 11 is 0. The quantitative estimate of drug-likeness (QED) is 0.772. The van der Waals surface area contributed by atoms with Gasteiger partial charge in [-0.25, -0.2) is 0 Å². The van der Waals surface area contributed by atoms with Gasteiger partial charge in [0.25, 0.3) is 0 Å². The molecule has 16 heavy (non-hydrogen) atoms. The van der Waals surface area contributed by atoms with E-state index >= 15 is 0 Å². The summed E-state index contributed by atoms with van der Waals surface area (Å²) in [5.41, 5.74) is -0.00382. The monoisotopic (exact) mass is 227 g/mol. The zero-order valence-electron chi connectivity index (χ0n) is 10.6. The van der Waals surface area contributed by atoms with Crippen LogP contribution in [0.2, 0.25) is 0 Å². The van der Waals surface area contributed by atoms with Gasteiger partial charge >= 0.3 is 0 Å². The number of aliphatic hydroxyl groups excluding tert-OH is 1. The second-order valence-electron chi connectivity index (χ2n) is 5.81. The molecule has 1 N–H and O–H groups in total. The van der Waals surface area contributed by atoms with Gasteiger partial charge in [-0.2, -0.15) is 0 Å². The van der Waals surface area contributed by atoms with E-state index in [4.69, 9.17) is 4.74 Å². The second kappa shape index (κ2) is 5.03. The number of rotatable bonds is 5. The molecule has 2 unspecified atom stereocenters. The first-order valence-electron chi connectivity index (χ1n) is 6.56. The molecule has 94 valence electrons. The summed E-state index contributed by atoms with van der Waals surface area (Å²) in [7, 11) is 2.19. The molecule has 0 radical (unpaired) electrons. The van der Waals surface area contributed by atoms with Gasteiger partial charge in [-0.3, -0.25) is 0 Å². The van der Waals surface area contributed by atoms with Crippen molar-refractivity contribution in [2.45, 2.75) is 38.6 Å². The molecular formula is C13H25NO2. The Morgan fingerprint density at radius 3 is 2.75 bits per heavy atom. The van der Waals surface area contributed by atoms with E-state index in [-0.39, 0.29) is 12.0 Å². The molecule has 1 heterocycles. The fourth-order valence-corrected chi connectivity index (χ4v) is 2.82. The van der Waals surface area contributed by atoms with Crippen molar-refractivity contribution >= 4 is 0 Å². The first-order valence-corrected chi connectivity index (χ1v) is 6.56. The molecule has 2 rings (SSSR count). The van der Waals surface area contributed by atoms with Crippen molar-refractivity contribution in [2.75, 3.05) is 33.4 Å². The number of nitrogens with zero attached hydrogens (tertiary/aromatic N) is 1. The highest BCUT2D eigenvalue weighted by Gasteiger charge is 2.37. The van der Waals surface area contributed by atoms with E-state index in [2.05, 4.69) is 18.9 Å². The van der Waals surface area contributed by atoms with Crippen LogP contribution in [0.15, 0.2) is 0 Å². The van der Waals surface area contributed by atoms with Gasteiger partial charge in [0.2, 0.25) is 0 Å². The number of ether oxygens (including phenoxy) is 1. The Balaban J connectivity index is 1.88. The molecule has 3 heteroatoms. The summed E-state index contributed by atoms with van der Waals surface area (Å²) in [5, 5.41) is 9.62. The number of aliphatic hydroxyl groups is 1. The van der Waals surface area contributed by atoms with Gasteiger partial charge in [0.15, 0.2) is 0 Å². The topological polar surface area (TPSA) is 32.7 Å². The van der Waals surface area contributed by atoms with E-state index in [1.807, 2.05) is 0 Å².